The van der Waals surface area contributed by atoms with E-state index in [1.807, 2.05) is 0 Å². The lowest BCUT2D eigenvalue weighted by molar-refractivity contribution is 0.795. The van der Waals surface area contributed by atoms with Gasteiger partial charge in [0, 0.05) is 17.1 Å². The predicted molar refractivity (Wildman–Crippen MR) is 236 cm³/mol. The van der Waals surface area contributed by atoms with Crippen molar-refractivity contribution in [2.75, 3.05) is 4.90 Å². The van der Waals surface area contributed by atoms with E-state index >= 15 is 0 Å². The van der Waals surface area contributed by atoms with Gasteiger partial charge in [0.25, 0.3) is 0 Å². The van der Waals surface area contributed by atoms with Crippen LogP contribution in [0.1, 0.15) is 25.3 Å². The van der Waals surface area contributed by atoms with Gasteiger partial charge in [0.05, 0.1) is 0 Å². The molecule has 0 fully saturated rings. The third kappa shape index (κ3) is 7.05. The average Bonchev–Trinajstić information content (AvgIpc) is 3.26. The van der Waals surface area contributed by atoms with E-state index in [-0.39, 0.29) is 0 Å². The average molecular weight is 706 g/mol. The highest BCUT2D eigenvalue weighted by atomic mass is 15.1. The number of hydrogen-bond donors (Lipinski definition) is 0. The minimum absolute atomic E-state index is 1.11. The molecule has 0 spiro atoms. The Labute approximate surface area is 324 Å². The highest BCUT2D eigenvalue weighted by Crippen LogP contribution is 2.41. The Bertz CT molecular complexity index is 2720. The molecular weight excluding hydrogens is 663 g/mol. The summed E-state index contributed by atoms with van der Waals surface area (Å²) in [5.74, 6) is 0. The van der Waals surface area contributed by atoms with E-state index in [0.29, 0.717) is 0 Å². The summed E-state index contributed by atoms with van der Waals surface area (Å²) in [5, 5.41) is 5.06. The Balaban J connectivity index is 1.10. The zero-order valence-electron chi connectivity index (χ0n) is 31.2. The number of rotatable bonds is 10. The molecule has 0 bridgehead atoms. The summed E-state index contributed by atoms with van der Waals surface area (Å²) in [6.07, 6.45) is 3.57. The summed E-state index contributed by atoms with van der Waals surface area (Å²) in [4.78, 5) is 2.39. The van der Waals surface area contributed by atoms with Crippen LogP contribution in [0.2, 0.25) is 0 Å². The number of hydrogen-bond acceptors (Lipinski definition) is 1. The van der Waals surface area contributed by atoms with Gasteiger partial charge in [-0.1, -0.05) is 177 Å². The van der Waals surface area contributed by atoms with Crippen molar-refractivity contribution in [1.82, 2.24) is 0 Å². The van der Waals surface area contributed by atoms with E-state index in [0.717, 1.165) is 23.5 Å². The molecule has 9 aromatic rings. The lowest BCUT2D eigenvalue weighted by Gasteiger charge is -2.27. The van der Waals surface area contributed by atoms with E-state index in [1.165, 1.54) is 84.5 Å². The SMILES string of the molecule is CCCCc1cccc(-c2ccc(-c3ccc(N(c4cccc(-c5ccccc5)c4)c4cccc(-c5cc6ccccc6c6ccccc56)c4)cc3)cc2)c1. The maximum absolute atomic E-state index is 2.39. The van der Waals surface area contributed by atoms with Gasteiger partial charge in [-0.25, -0.2) is 0 Å². The van der Waals surface area contributed by atoms with Crippen LogP contribution in [0.3, 0.4) is 0 Å². The smallest absolute Gasteiger partial charge is 0.0467 e. The number of benzene rings is 9. The fourth-order valence-corrected chi connectivity index (χ4v) is 7.95. The van der Waals surface area contributed by atoms with Crippen LogP contribution >= 0.6 is 0 Å². The van der Waals surface area contributed by atoms with Crippen LogP contribution in [-0.2, 0) is 6.42 Å². The Kier molecular flexibility index (Phi) is 9.51. The fourth-order valence-electron chi connectivity index (χ4n) is 7.95. The number of nitrogens with zero attached hydrogens (tertiary/aromatic N) is 1. The van der Waals surface area contributed by atoms with Gasteiger partial charge in [-0.2, -0.15) is 0 Å². The molecule has 0 aliphatic carbocycles. The van der Waals surface area contributed by atoms with E-state index in [1.54, 1.807) is 0 Å². The summed E-state index contributed by atoms with van der Waals surface area (Å²) < 4.78 is 0. The maximum atomic E-state index is 2.39. The summed E-state index contributed by atoms with van der Waals surface area (Å²) >= 11 is 0. The van der Waals surface area contributed by atoms with Crippen molar-refractivity contribution < 1.29 is 0 Å². The number of fused-ring (bicyclic) bond motifs is 3. The molecule has 1 heteroatoms. The van der Waals surface area contributed by atoms with Gasteiger partial charge in [0.2, 0.25) is 0 Å². The van der Waals surface area contributed by atoms with E-state index in [9.17, 15) is 0 Å². The highest BCUT2D eigenvalue weighted by molar-refractivity contribution is 6.13. The largest absolute Gasteiger partial charge is 0.310 e. The Morgan fingerprint density at radius 1 is 0.345 bits per heavy atom. The topological polar surface area (TPSA) is 3.24 Å². The molecule has 0 N–H and O–H groups in total. The summed E-state index contributed by atoms with van der Waals surface area (Å²) in [7, 11) is 0. The Morgan fingerprint density at radius 3 is 1.56 bits per heavy atom. The van der Waals surface area contributed by atoms with Crippen LogP contribution in [-0.4, -0.2) is 0 Å². The van der Waals surface area contributed by atoms with Gasteiger partial charge in [-0.3, -0.25) is 0 Å². The Hall–Kier alpha value is -6.70. The van der Waals surface area contributed by atoms with E-state index in [4.69, 9.17) is 0 Å². The molecule has 0 aromatic heterocycles. The molecule has 9 aromatic carbocycles. The molecule has 264 valence electrons. The van der Waals surface area contributed by atoms with Crippen LogP contribution in [0.25, 0.3) is 66.1 Å². The van der Waals surface area contributed by atoms with Crippen LogP contribution in [0.4, 0.5) is 17.1 Å². The third-order valence-electron chi connectivity index (χ3n) is 10.8. The van der Waals surface area contributed by atoms with Gasteiger partial charge in [0.15, 0.2) is 0 Å². The second-order valence-corrected chi connectivity index (χ2v) is 14.4. The van der Waals surface area contributed by atoms with Crippen molar-refractivity contribution in [2.24, 2.45) is 0 Å². The van der Waals surface area contributed by atoms with Crippen molar-refractivity contribution in [2.45, 2.75) is 26.2 Å². The number of unbranched alkanes of at least 4 members (excludes halogenated alkanes) is 1. The summed E-state index contributed by atoms with van der Waals surface area (Å²) in [6, 6.07) is 75.4. The minimum atomic E-state index is 1.11. The molecular formula is C54H43N. The number of anilines is 3. The van der Waals surface area contributed by atoms with E-state index in [2.05, 4.69) is 218 Å². The molecule has 0 radical (unpaired) electrons. The lowest BCUT2D eigenvalue weighted by Crippen LogP contribution is -2.10. The molecule has 0 aliphatic rings. The molecule has 0 amide bonds. The molecule has 0 heterocycles. The molecule has 0 atom stereocenters. The van der Waals surface area contributed by atoms with Crippen molar-refractivity contribution in [3.05, 3.63) is 212 Å². The minimum Gasteiger partial charge on any atom is -0.310 e. The van der Waals surface area contributed by atoms with Crippen LogP contribution in [0, 0.1) is 0 Å². The molecule has 0 unspecified atom stereocenters. The van der Waals surface area contributed by atoms with Crippen molar-refractivity contribution in [3.8, 4) is 44.5 Å². The second kappa shape index (κ2) is 15.3. The molecule has 0 saturated carbocycles. The van der Waals surface area contributed by atoms with Gasteiger partial charge in [-0.15, -0.1) is 0 Å². The summed E-state index contributed by atoms with van der Waals surface area (Å²) in [6.45, 7) is 2.25. The van der Waals surface area contributed by atoms with Gasteiger partial charge < -0.3 is 4.90 Å². The first-order chi connectivity index (χ1) is 27.2. The molecule has 0 aliphatic heterocycles. The zero-order chi connectivity index (χ0) is 37.0. The zero-order valence-corrected chi connectivity index (χ0v) is 31.2. The first-order valence-corrected chi connectivity index (χ1v) is 19.5. The van der Waals surface area contributed by atoms with E-state index < -0.39 is 0 Å². The summed E-state index contributed by atoms with van der Waals surface area (Å²) in [5.41, 5.74) is 14.5. The fraction of sp³-hybridized carbons (Fsp3) is 0.0741. The predicted octanol–water partition coefficient (Wildman–Crippen LogP) is 15.5. The number of aryl methyl sites for hydroxylation is 1. The van der Waals surface area contributed by atoms with Crippen LogP contribution < -0.4 is 4.90 Å². The van der Waals surface area contributed by atoms with Crippen molar-refractivity contribution in [1.29, 1.82) is 0 Å². The highest BCUT2D eigenvalue weighted by Gasteiger charge is 2.16. The maximum Gasteiger partial charge on any atom is 0.0467 e. The molecule has 55 heavy (non-hydrogen) atoms. The third-order valence-corrected chi connectivity index (χ3v) is 10.8. The first kappa shape index (κ1) is 34.1. The lowest BCUT2D eigenvalue weighted by atomic mass is 9.93. The quantitative estimate of drug-likeness (QED) is 0.128. The van der Waals surface area contributed by atoms with Crippen molar-refractivity contribution >= 4 is 38.6 Å². The van der Waals surface area contributed by atoms with Crippen LogP contribution in [0.15, 0.2) is 206 Å². The standard InChI is InChI=1S/C54H43N/c1-2-3-14-39-15-11-19-44(35-39)43-29-27-41(28-30-43)42-31-33-48(34-32-42)55(49-22-12-20-45(36-49)40-16-5-4-6-17-40)50-23-13-21-46(37-50)54-38-47-18-7-8-24-51(47)52-25-9-10-26-53(52)54/h4-13,15-38H,2-3,14H2,1H3. The van der Waals surface area contributed by atoms with Gasteiger partial charge >= 0.3 is 0 Å². The van der Waals surface area contributed by atoms with Crippen molar-refractivity contribution in [3.63, 3.8) is 0 Å². The first-order valence-electron chi connectivity index (χ1n) is 19.5. The van der Waals surface area contributed by atoms with Crippen LogP contribution in [0.5, 0.6) is 0 Å². The monoisotopic (exact) mass is 705 g/mol. The molecule has 1 nitrogen and oxygen atoms in total. The van der Waals surface area contributed by atoms with Gasteiger partial charge in [0.1, 0.15) is 0 Å². The Morgan fingerprint density at radius 2 is 0.855 bits per heavy atom. The van der Waals surface area contributed by atoms with Gasteiger partial charge in [-0.05, 0) is 127 Å². The second-order valence-electron chi connectivity index (χ2n) is 14.4. The molecule has 9 rings (SSSR count). The normalized spacial score (nSPS) is 11.2. The molecule has 0 saturated heterocycles.